The smallest absolute Gasteiger partial charge is 0.408 e. The van der Waals surface area contributed by atoms with Gasteiger partial charge in [-0.05, 0) is 22.3 Å². The Morgan fingerprint density at radius 3 is 2.17 bits per heavy atom. The van der Waals surface area contributed by atoms with Gasteiger partial charge in [0.2, 0.25) is 0 Å². The van der Waals surface area contributed by atoms with E-state index in [1.165, 1.54) is 0 Å². The molecule has 0 spiro atoms. The second-order valence-corrected chi connectivity index (χ2v) is 5.41. The van der Waals surface area contributed by atoms with Gasteiger partial charge in [0.05, 0.1) is 0 Å². The number of carbonyl (C=O) groups is 2. The van der Waals surface area contributed by atoms with Gasteiger partial charge in [-0.3, -0.25) is 5.32 Å². The summed E-state index contributed by atoms with van der Waals surface area (Å²) in [7, 11) is 0. The van der Waals surface area contributed by atoms with Crippen molar-refractivity contribution >= 4 is 12.1 Å². The third-order valence-corrected chi connectivity index (χ3v) is 4.02. The Morgan fingerprint density at radius 2 is 1.67 bits per heavy atom. The summed E-state index contributed by atoms with van der Waals surface area (Å²) in [4.78, 5) is 22.6. The maximum Gasteiger partial charge on any atom is 0.408 e. The molecule has 0 radical (unpaired) electrons. The summed E-state index contributed by atoms with van der Waals surface area (Å²) in [5.41, 5.74) is 4.40. The lowest BCUT2D eigenvalue weighted by atomic mass is 9.98. The van der Waals surface area contributed by atoms with E-state index in [-0.39, 0.29) is 12.5 Å². The molecule has 2 aromatic carbocycles. The molecule has 2 N–H and O–H groups in total. The molecule has 2 aromatic rings. The number of carboxylic acid groups (broad SMARTS) is 1. The predicted molar refractivity (Wildman–Crippen MR) is 88.5 cm³/mol. The quantitative estimate of drug-likeness (QED) is 0.849. The Hall–Kier alpha value is -3.26. The number of ether oxygens (including phenoxy) is 1. The fraction of sp³-hybridized carbons (Fsp3) is 0.158. The highest BCUT2D eigenvalue weighted by Gasteiger charge is 2.29. The van der Waals surface area contributed by atoms with Crippen molar-refractivity contribution < 1.29 is 19.4 Å². The van der Waals surface area contributed by atoms with Gasteiger partial charge in [0.15, 0.2) is 6.04 Å². The number of aliphatic carboxylic acids is 1. The largest absolute Gasteiger partial charge is 0.479 e. The van der Waals surface area contributed by atoms with Crippen LogP contribution >= 0.6 is 0 Å². The fourth-order valence-electron chi connectivity index (χ4n) is 2.93. The zero-order valence-corrected chi connectivity index (χ0v) is 12.7. The first-order valence-corrected chi connectivity index (χ1v) is 7.42. The van der Waals surface area contributed by atoms with Crippen molar-refractivity contribution in [2.24, 2.45) is 0 Å². The van der Waals surface area contributed by atoms with Crippen LogP contribution in [0.5, 0.6) is 0 Å². The van der Waals surface area contributed by atoms with Crippen molar-refractivity contribution in [3.63, 3.8) is 0 Å². The van der Waals surface area contributed by atoms with E-state index in [1.807, 2.05) is 54.5 Å². The lowest BCUT2D eigenvalue weighted by molar-refractivity contribution is -0.137. The van der Waals surface area contributed by atoms with E-state index in [0.717, 1.165) is 22.3 Å². The van der Waals surface area contributed by atoms with Crippen LogP contribution in [-0.4, -0.2) is 29.8 Å². The molecule has 0 saturated heterocycles. The minimum atomic E-state index is -1.40. The zero-order valence-electron chi connectivity index (χ0n) is 12.7. The van der Waals surface area contributed by atoms with Crippen molar-refractivity contribution in [2.45, 2.75) is 12.0 Å². The molecule has 1 atom stereocenters. The average molecular weight is 321 g/mol. The molecule has 0 unspecified atom stereocenters. The summed E-state index contributed by atoms with van der Waals surface area (Å²) >= 11 is 0. The molecule has 24 heavy (non-hydrogen) atoms. The van der Waals surface area contributed by atoms with Crippen molar-refractivity contribution in [2.75, 3.05) is 6.61 Å². The topological polar surface area (TPSA) is 75.6 Å². The first-order chi connectivity index (χ1) is 11.6. The maximum absolute atomic E-state index is 11.8. The molecule has 0 aliphatic heterocycles. The van der Waals surface area contributed by atoms with E-state index in [9.17, 15) is 9.59 Å². The van der Waals surface area contributed by atoms with E-state index in [4.69, 9.17) is 16.3 Å². The molecule has 1 aliphatic carbocycles. The summed E-state index contributed by atoms with van der Waals surface area (Å²) in [5.74, 6) is 0.594. The fourth-order valence-corrected chi connectivity index (χ4v) is 2.93. The maximum atomic E-state index is 11.8. The van der Waals surface area contributed by atoms with Gasteiger partial charge >= 0.3 is 12.1 Å². The van der Waals surface area contributed by atoms with E-state index in [2.05, 4.69) is 5.32 Å². The van der Waals surface area contributed by atoms with Crippen LogP contribution < -0.4 is 5.32 Å². The number of hydrogen-bond donors (Lipinski definition) is 2. The van der Waals surface area contributed by atoms with Crippen LogP contribution in [-0.2, 0) is 9.53 Å². The average Bonchev–Trinajstić information content (AvgIpc) is 2.91. The number of rotatable bonds is 4. The van der Waals surface area contributed by atoms with Gasteiger partial charge in [0.1, 0.15) is 6.61 Å². The molecule has 3 rings (SSSR count). The van der Waals surface area contributed by atoms with Gasteiger partial charge in [0, 0.05) is 5.92 Å². The van der Waals surface area contributed by atoms with Crippen LogP contribution in [0.15, 0.2) is 48.5 Å². The first-order valence-electron chi connectivity index (χ1n) is 7.42. The SMILES string of the molecule is C#C[C@H](NC(=O)OCC1c2ccccc2-c2ccccc21)C(=O)O. The number of alkyl carbamates (subject to hydrolysis) is 1. The highest BCUT2D eigenvalue weighted by Crippen LogP contribution is 2.44. The van der Waals surface area contributed by atoms with Crippen LogP contribution in [0.2, 0.25) is 0 Å². The number of fused-ring (bicyclic) bond motifs is 3. The Balaban J connectivity index is 1.75. The lowest BCUT2D eigenvalue weighted by Crippen LogP contribution is -2.40. The Morgan fingerprint density at radius 1 is 1.12 bits per heavy atom. The summed E-state index contributed by atoms with van der Waals surface area (Å²) in [5, 5.41) is 11.0. The molecule has 5 heteroatoms. The second kappa shape index (κ2) is 6.47. The molecule has 0 fully saturated rings. The van der Waals surface area contributed by atoms with Gasteiger partial charge in [-0.1, -0.05) is 54.5 Å². The van der Waals surface area contributed by atoms with Gasteiger partial charge in [-0.15, -0.1) is 6.42 Å². The Labute approximate surface area is 139 Å². The van der Waals surface area contributed by atoms with E-state index in [1.54, 1.807) is 0 Å². The molecule has 0 heterocycles. The summed E-state index contributed by atoms with van der Waals surface area (Å²) in [6.07, 6.45) is 4.22. The summed E-state index contributed by atoms with van der Waals surface area (Å²) in [6, 6.07) is 14.5. The molecule has 5 nitrogen and oxygen atoms in total. The van der Waals surface area contributed by atoms with E-state index < -0.39 is 18.1 Å². The van der Waals surface area contributed by atoms with Crippen LogP contribution in [0.1, 0.15) is 17.0 Å². The molecule has 0 bridgehead atoms. The third kappa shape index (κ3) is 2.82. The predicted octanol–water partition coefficient (Wildman–Crippen LogP) is 2.61. The number of amides is 1. The van der Waals surface area contributed by atoms with Gasteiger partial charge in [-0.25, -0.2) is 9.59 Å². The van der Waals surface area contributed by atoms with Crippen LogP contribution in [0.4, 0.5) is 4.79 Å². The normalized spacial score (nSPS) is 13.3. The third-order valence-electron chi connectivity index (χ3n) is 4.02. The van der Waals surface area contributed by atoms with Crippen LogP contribution in [0.3, 0.4) is 0 Å². The molecule has 0 aromatic heterocycles. The minimum Gasteiger partial charge on any atom is -0.479 e. The molecule has 120 valence electrons. The standard InChI is InChI=1S/C19H15NO4/c1-2-17(18(21)22)20-19(23)24-11-16-14-9-5-3-7-12(14)13-8-4-6-10-15(13)16/h1,3-10,16-17H,11H2,(H,20,23)(H,21,22)/t17-/m0/s1. The monoisotopic (exact) mass is 321 g/mol. The van der Waals surface area contributed by atoms with Crippen molar-refractivity contribution in [3.05, 3.63) is 59.7 Å². The number of terminal acetylenes is 1. The zero-order chi connectivity index (χ0) is 17.1. The second-order valence-electron chi connectivity index (χ2n) is 5.41. The summed E-state index contributed by atoms with van der Waals surface area (Å²) in [6.45, 7) is 0.108. The van der Waals surface area contributed by atoms with E-state index in [0.29, 0.717) is 0 Å². The first kappa shape index (κ1) is 15.6. The van der Waals surface area contributed by atoms with E-state index >= 15 is 0 Å². The van der Waals surface area contributed by atoms with Crippen LogP contribution in [0.25, 0.3) is 11.1 Å². The number of carbonyl (C=O) groups excluding carboxylic acids is 1. The van der Waals surface area contributed by atoms with Crippen molar-refractivity contribution in [1.29, 1.82) is 0 Å². The molecule has 1 amide bonds. The molecular formula is C19H15NO4. The Bertz CT molecular complexity index is 792. The van der Waals surface area contributed by atoms with Gasteiger partial charge in [-0.2, -0.15) is 0 Å². The molecular weight excluding hydrogens is 306 g/mol. The molecule has 0 saturated carbocycles. The molecule has 1 aliphatic rings. The number of nitrogens with one attached hydrogen (secondary N) is 1. The van der Waals surface area contributed by atoms with Crippen molar-refractivity contribution in [3.8, 4) is 23.5 Å². The van der Waals surface area contributed by atoms with Gasteiger partial charge in [0.25, 0.3) is 0 Å². The highest BCUT2D eigenvalue weighted by atomic mass is 16.5. The van der Waals surface area contributed by atoms with Crippen molar-refractivity contribution in [1.82, 2.24) is 5.32 Å². The highest BCUT2D eigenvalue weighted by molar-refractivity contribution is 5.83. The number of carboxylic acids is 1. The number of hydrogen-bond acceptors (Lipinski definition) is 3. The summed E-state index contributed by atoms with van der Waals surface area (Å²) < 4.78 is 5.21. The lowest BCUT2D eigenvalue weighted by Gasteiger charge is -2.15. The number of benzene rings is 2. The van der Waals surface area contributed by atoms with Crippen LogP contribution in [0, 0.1) is 12.3 Å². The Kier molecular flexibility index (Phi) is 4.21. The minimum absolute atomic E-state index is 0.0859. The van der Waals surface area contributed by atoms with Gasteiger partial charge < -0.3 is 9.84 Å².